The zero-order valence-electron chi connectivity index (χ0n) is 17.7. The molecule has 31 heavy (non-hydrogen) atoms. The van der Waals surface area contributed by atoms with E-state index in [4.69, 9.17) is 16.0 Å². The highest BCUT2D eigenvalue weighted by Crippen LogP contribution is 2.25. The number of nitrogens with zero attached hydrogens (tertiary/aromatic N) is 1. The molecule has 0 aliphatic carbocycles. The van der Waals surface area contributed by atoms with Gasteiger partial charge in [-0.15, -0.1) is 0 Å². The number of amides is 2. The van der Waals surface area contributed by atoms with Gasteiger partial charge in [-0.05, 0) is 74.1 Å². The number of carbonyl (C=O) groups excluding carboxylic acids is 2. The monoisotopic (exact) mass is 438 g/mol. The van der Waals surface area contributed by atoms with Crippen LogP contribution in [-0.4, -0.2) is 29.8 Å². The third-order valence-electron chi connectivity index (χ3n) is 5.95. The number of halogens is 1. The fourth-order valence-electron chi connectivity index (χ4n) is 4.19. The molecule has 3 aromatic rings. The fraction of sp³-hybridized carbons (Fsp3) is 0.360. The number of carbonyl (C=O) groups is 2. The summed E-state index contributed by atoms with van der Waals surface area (Å²) in [6.07, 6.45) is 3.22. The van der Waals surface area contributed by atoms with Gasteiger partial charge in [-0.1, -0.05) is 23.7 Å². The van der Waals surface area contributed by atoms with Crippen molar-refractivity contribution < 1.29 is 14.0 Å². The minimum absolute atomic E-state index is 0.0576. The van der Waals surface area contributed by atoms with Crippen molar-refractivity contribution in [2.24, 2.45) is 5.92 Å². The zero-order valence-corrected chi connectivity index (χ0v) is 18.5. The summed E-state index contributed by atoms with van der Waals surface area (Å²) in [5.41, 5.74) is 2.50. The number of nitrogens with one attached hydrogen (secondary N) is 1. The molecule has 2 aromatic carbocycles. The summed E-state index contributed by atoms with van der Waals surface area (Å²) in [4.78, 5) is 27.0. The summed E-state index contributed by atoms with van der Waals surface area (Å²) < 4.78 is 5.59. The largest absolute Gasteiger partial charge is 0.461 e. The van der Waals surface area contributed by atoms with Crippen LogP contribution in [0.5, 0.6) is 0 Å². The van der Waals surface area contributed by atoms with Gasteiger partial charge >= 0.3 is 0 Å². The molecule has 162 valence electrons. The predicted molar refractivity (Wildman–Crippen MR) is 122 cm³/mol. The van der Waals surface area contributed by atoms with E-state index in [0.717, 1.165) is 54.6 Å². The van der Waals surface area contributed by atoms with Crippen molar-refractivity contribution in [2.75, 3.05) is 13.1 Å². The van der Waals surface area contributed by atoms with Gasteiger partial charge in [0.2, 0.25) is 5.91 Å². The number of hydrogen-bond donors (Lipinski definition) is 1. The zero-order chi connectivity index (χ0) is 21.8. The molecule has 0 radical (unpaired) electrons. The number of likely N-dealkylation sites (tertiary alicyclic amines) is 1. The van der Waals surface area contributed by atoms with Crippen LogP contribution < -0.4 is 5.32 Å². The van der Waals surface area contributed by atoms with E-state index in [-0.39, 0.29) is 11.8 Å². The average Bonchev–Trinajstić information content (AvgIpc) is 3.15. The second kappa shape index (κ2) is 9.56. The van der Waals surface area contributed by atoms with Gasteiger partial charge in [0, 0.05) is 42.0 Å². The Kier molecular flexibility index (Phi) is 6.62. The molecule has 1 fully saturated rings. The van der Waals surface area contributed by atoms with Crippen LogP contribution in [0.2, 0.25) is 5.02 Å². The van der Waals surface area contributed by atoms with Crippen LogP contribution in [0, 0.1) is 12.8 Å². The smallest absolute Gasteiger partial charge is 0.253 e. The molecular weight excluding hydrogens is 412 g/mol. The van der Waals surface area contributed by atoms with Crippen molar-refractivity contribution in [2.45, 2.75) is 39.2 Å². The van der Waals surface area contributed by atoms with Crippen molar-refractivity contribution in [3.05, 3.63) is 70.4 Å². The molecule has 4 rings (SSSR count). The van der Waals surface area contributed by atoms with Crippen molar-refractivity contribution in [1.82, 2.24) is 10.2 Å². The molecule has 6 heteroatoms. The highest BCUT2D eigenvalue weighted by Gasteiger charge is 2.24. The first-order valence-corrected chi connectivity index (χ1v) is 11.2. The number of furan rings is 1. The SMILES string of the molecule is Cc1cc2cc(C(=O)N3CCC(CCC(=O)NCc4cccc(Cl)c4)CC3)ccc2o1. The topological polar surface area (TPSA) is 62.6 Å². The van der Waals surface area contributed by atoms with E-state index < -0.39 is 0 Å². The molecule has 1 aromatic heterocycles. The second-order valence-corrected chi connectivity index (χ2v) is 8.73. The first kappa shape index (κ1) is 21.4. The molecular formula is C25H27ClN2O3. The quantitative estimate of drug-likeness (QED) is 0.564. The first-order chi connectivity index (χ1) is 15.0. The van der Waals surface area contributed by atoms with Gasteiger partial charge < -0.3 is 14.6 Å². The molecule has 2 amide bonds. The number of rotatable bonds is 6. The summed E-state index contributed by atoms with van der Waals surface area (Å²) in [5, 5.41) is 4.59. The minimum Gasteiger partial charge on any atom is -0.461 e. The molecule has 2 heterocycles. The number of benzene rings is 2. The number of aryl methyl sites for hydroxylation is 1. The van der Waals surface area contributed by atoms with Gasteiger partial charge in [0.25, 0.3) is 5.91 Å². The molecule has 0 bridgehead atoms. The lowest BCUT2D eigenvalue weighted by Gasteiger charge is -2.32. The predicted octanol–water partition coefficient (Wildman–Crippen LogP) is 5.34. The highest BCUT2D eigenvalue weighted by atomic mass is 35.5. The van der Waals surface area contributed by atoms with Crippen LogP contribution in [-0.2, 0) is 11.3 Å². The fourth-order valence-corrected chi connectivity index (χ4v) is 4.40. The number of fused-ring (bicyclic) bond motifs is 1. The Balaban J connectivity index is 1.21. The molecule has 5 nitrogen and oxygen atoms in total. The lowest BCUT2D eigenvalue weighted by molar-refractivity contribution is -0.121. The standard InChI is InChI=1S/C25H27ClN2O3/c1-17-13-21-15-20(6-7-23(21)31-17)25(30)28-11-9-18(10-12-28)5-8-24(29)27-16-19-3-2-4-22(26)14-19/h2-4,6-7,13-15,18H,5,8-12,16H2,1H3,(H,27,29). The Bertz CT molecular complexity index is 1080. The van der Waals surface area contributed by atoms with Crippen LogP contribution in [0.4, 0.5) is 0 Å². The Morgan fingerprint density at radius 3 is 2.71 bits per heavy atom. The maximum Gasteiger partial charge on any atom is 0.253 e. The number of piperidine rings is 1. The molecule has 1 N–H and O–H groups in total. The van der Waals surface area contributed by atoms with Crippen molar-refractivity contribution in [1.29, 1.82) is 0 Å². The van der Waals surface area contributed by atoms with E-state index in [2.05, 4.69) is 5.32 Å². The average molecular weight is 439 g/mol. The van der Waals surface area contributed by atoms with E-state index in [0.29, 0.717) is 29.5 Å². The Morgan fingerprint density at radius 2 is 1.94 bits per heavy atom. The lowest BCUT2D eigenvalue weighted by Crippen LogP contribution is -2.38. The van der Waals surface area contributed by atoms with Crippen LogP contribution in [0.25, 0.3) is 11.0 Å². The van der Waals surface area contributed by atoms with Crippen LogP contribution >= 0.6 is 11.6 Å². The second-order valence-electron chi connectivity index (χ2n) is 8.29. The van der Waals surface area contributed by atoms with Gasteiger partial charge in [0.1, 0.15) is 11.3 Å². The summed E-state index contributed by atoms with van der Waals surface area (Å²) >= 11 is 5.98. The van der Waals surface area contributed by atoms with Gasteiger partial charge in [0.05, 0.1) is 0 Å². The highest BCUT2D eigenvalue weighted by molar-refractivity contribution is 6.30. The van der Waals surface area contributed by atoms with Crippen molar-refractivity contribution in [3.63, 3.8) is 0 Å². The van der Waals surface area contributed by atoms with Gasteiger partial charge in [0.15, 0.2) is 0 Å². The van der Waals surface area contributed by atoms with Crippen LogP contribution in [0.3, 0.4) is 0 Å². The van der Waals surface area contributed by atoms with E-state index >= 15 is 0 Å². The molecule has 0 spiro atoms. The molecule has 1 saturated heterocycles. The van der Waals surface area contributed by atoms with Crippen LogP contribution in [0.15, 0.2) is 52.9 Å². The van der Waals surface area contributed by atoms with E-state index in [9.17, 15) is 9.59 Å². The summed E-state index contributed by atoms with van der Waals surface area (Å²) in [5.74, 6) is 1.44. The Morgan fingerprint density at radius 1 is 1.13 bits per heavy atom. The van der Waals surface area contributed by atoms with Crippen molar-refractivity contribution >= 4 is 34.4 Å². The summed E-state index contributed by atoms with van der Waals surface area (Å²) in [6.45, 7) is 3.86. The molecule has 1 aliphatic rings. The third-order valence-corrected chi connectivity index (χ3v) is 6.18. The minimum atomic E-state index is 0.0576. The van der Waals surface area contributed by atoms with Crippen molar-refractivity contribution in [3.8, 4) is 0 Å². The van der Waals surface area contributed by atoms with Gasteiger partial charge in [-0.2, -0.15) is 0 Å². The molecule has 0 unspecified atom stereocenters. The maximum absolute atomic E-state index is 12.9. The van der Waals surface area contributed by atoms with Gasteiger partial charge in [-0.25, -0.2) is 0 Å². The maximum atomic E-state index is 12.9. The summed E-state index contributed by atoms with van der Waals surface area (Å²) in [7, 11) is 0. The lowest BCUT2D eigenvalue weighted by atomic mass is 9.91. The number of hydrogen-bond acceptors (Lipinski definition) is 3. The third kappa shape index (κ3) is 5.47. The van der Waals surface area contributed by atoms with E-state index in [1.165, 1.54) is 0 Å². The van der Waals surface area contributed by atoms with Gasteiger partial charge in [-0.3, -0.25) is 9.59 Å². The van der Waals surface area contributed by atoms with E-state index in [1.807, 2.05) is 60.4 Å². The van der Waals surface area contributed by atoms with Crippen LogP contribution in [0.1, 0.15) is 47.4 Å². The first-order valence-electron chi connectivity index (χ1n) is 10.8. The van der Waals surface area contributed by atoms with E-state index in [1.54, 1.807) is 0 Å². The Hall–Kier alpha value is -2.79. The normalized spacial score (nSPS) is 14.7. The molecule has 0 saturated carbocycles. The Labute approximate surface area is 187 Å². The summed E-state index contributed by atoms with van der Waals surface area (Å²) in [6, 6.07) is 15.1. The molecule has 0 atom stereocenters. The molecule has 1 aliphatic heterocycles.